The average molecular weight is 271 g/mol. The number of nitrogens with one attached hydrogen (secondary N) is 1. The molecule has 2 fully saturated rings. The smallest absolute Gasteiger partial charge is 0.308 e. The van der Waals surface area contributed by atoms with E-state index < -0.39 is 0 Å². The molecule has 4 unspecified atom stereocenters. The highest BCUT2D eigenvalue weighted by atomic mass is 35.5. The first kappa shape index (κ1) is 16.0. The third-order valence-corrected chi connectivity index (χ3v) is 3.92. The highest BCUT2D eigenvalue weighted by Crippen LogP contribution is 2.48. The van der Waals surface area contributed by atoms with Crippen molar-refractivity contribution in [3.05, 3.63) is 0 Å². The lowest BCUT2D eigenvalue weighted by Gasteiger charge is -2.49. The lowest BCUT2D eigenvalue weighted by molar-refractivity contribution is -0.153. The number of methoxy groups -OCH3 is 1. The molecule has 6 heteroatoms. The average Bonchev–Trinajstić information content (AvgIpc) is 2.17. The molecule has 2 aliphatic rings. The number of esters is 1. The Morgan fingerprint density at radius 2 is 1.81 bits per heavy atom. The van der Waals surface area contributed by atoms with Gasteiger partial charge < -0.3 is 4.74 Å². The highest BCUT2D eigenvalue weighted by molar-refractivity contribution is 5.85. The van der Waals surface area contributed by atoms with Crippen LogP contribution in [0.3, 0.4) is 0 Å². The molecule has 4 nitrogen and oxygen atoms in total. The van der Waals surface area contributed by atoms with Crippen LogP contribution in [-0.4, -0.2) is 19.1 Å². The van der Waals surface area contributed by atoms with Gasteiger partial charge in [-0.1, -0.05) is 0 Å². The Kier molecular flexibility index (Phi) is 6.63. The van der Waals surface area contributed by atoms with Crippen LogP contribution in [0.4, 0.5) is 0 Å². The third kappa shape index (κ3) is 2.62. The zero-order valence-corrected chi connectivity index (χ0v) is 11.0. The van der Waals surface area contributed by atoms with Crippen molar-refractivity contribution in [2.45, 2.75) is 31.7 Å². The van der Waals surface area contributed by atoms with Gasteiger partial charge in [-0.15, -0.1) is 24.8 Å². The van der Waals surface area contributed by atoms with Crippen molar-refractivity contribution in [1.82, 2.24) is 5.43 Å². The fourth-order valence-electron chi connectivity index (χ4n) is 2.99. The molecule has 16 heavy (non-hydrogen) atoms. The maximum atomic E-state index is 11.5. The van der Waals surface area contributed by atoms with Crippen molar-refractivity contribution in [2.75, 3.05) is 7.11 Å². The van der Waals surface area contributed by atoms with Crippen LogP contribution >= 0.6 is 24.8 Å². The van der Waals surface area contributed by atoms with Crippen LogP contribution < -0.4 is 11.3 Å². The number of hydrogen-bond acceptors (Lipinski definition) is 4. The monoisotopic (exact) mass is 270 g/mol. The van der Waals surface area contributed by atoms with Gasteiger partial charge in [-0.2, -0.15) is 0 Å². The van der Waals surface area contributed by atoms with Gasteiger partial charge in [0.1, 0.15) is 0 Å². The van der Waals surface area contributed by atoms with Gasteiger partial charge in [0.25, 0.3) is 0 Å². The first-order valence-corrected chi connectivity index (χ1v) is 5.32. The van der Waals surface area contributed by atoms with Crippen LogP contribution in [0.5, 0.6) is 0 Å². The minimum absolute atomic E-state index is 0. The minimum atomic E-state index is -0.0322. The molecule has 96 valence electrons. The van der Waals surface area contributed by atoms with Crippen LogP contribution in [-0.2, 0) is 9.53 Å². The van der Waals surface area contributed by atoms with E-state index in [1.54, 1.807) is 0 Å². The summed E-state index contributed by atoms with van der Waals surface area (Å²) in [6.07, 6.45) is 4.27. The molecule has 3 N–H and O–H groups in total. The van der Waals surface area contributed by atoms with Crippen molar-refractivity contribution in [3.8, 4) is 0 Å². The number of hydrogen-bond donors (Lipinski definition) is 2. The molecule has 0 heterocycles. The lowest BCUT2D eigenvalue weighted by Crippen LogP contribution is -2.54. The number of rotatable bonds is 2. The van der Waals surface area contributed by atoms with E-state index >= 15 is 0 Å². The first-order valence-electron chi connectivity index (χ1n) is 5.32. The molecule has 0 aromatic carbocycles. The summed E-state index contributed by atoms with van der Waals surface area (Å²) >= 11 is 0. The fraction of sp³-hybridized carbons (Fsp3) is 0.900. The predicted molar refractivity (Wildman–Crippen MR) is 66.6 cm³/mol. The second-order valence-electron chi connectivity index (χ2n) is 4.39. The molecule has 0 radical (unpaired) electrons. The number of ether oxygens (including phenoxy) is 1. The fourth-order valence-corrected chi connectivity index (χ4v) is 2.99. The molecule has 4 atom stereocenters. The van der Waals surface area contributed by atoms with Crippen LogP contribution in [0.25, 0.3) is 0 Å². The number of carbonyl (C=O) groups is 1. The van der Waals surface area contributed by atoms with Crippen molar-refractivity contribution in [3.63, 3.8) is 0 Å². The van der Waals surface area contributed by atoms with Gasteiger partial charge in [0.05, 0.1) is 13.0 Å². The Morgan fingerprint density at radius 3 is 2.25 bits per heavy atom. The van der Waals surface area contributed by atoms with Gasteiger partial charge in [0, 0.05) is 6.04 Å². The Hall–Kier alpha value is -0.0300. The first-order chi connectivity index (χ1) is 6.77. The third-order valence-electron chi connectivity index (χ3n) is 3.92. The zero-order valence-electron chi connectivity index (χ0n) is 9.35. The van der Waals surface area contributed by atoms with Crippen LogP contribution in [0.15, 0.2) is 0 Å². The van der Waals surface area contributed by atoms with Gasteiger partial charge in [0.15, 0.2) is 0 Å². The van der Waals surface area contributed by atoms with E-state index in [0.29, 0.717) is 17.9 Å². The summed E-state index contributed by atoms with van der Waals surface area (Å²) in [6.45, 7) is 0. The Morgan fingerprint density at radius 1 is 1.19 bits per heavy atom. The maximum Gasteiger partial charge on any atom is 0.308 e. The van der Waals surface area contributed by atoms with Crippen molar-refractivity contribution < 1.29 is 9.53 Å². The molecule has 0 spiro atoms. The SMILES string of the molecule is COC(=O)C1CCC(NN)C2CCC12.Cl.Cl. The summed E-state index contributed by atoms with van der Waals surface area (Å²) in [4.78, 5) is 11.5. The van der Waals surface area contributed by atoms with E-state index in [4.69, 9.17) is 10.6 Å². The number of carbonyl (C=O) groups excluding carboxylic acids is 1. The summed E-state index contributed by atoms with van der Waals surface area (Å²) < 4.78 is 4.82. The van der Waals surface area contributed by atoms with Gasteiger partial charge in [0.2, 0.25) is 0 Å². The number of fused-ring (bicyclic) bond motifs is 1. The molecule has 0 aromatic rings. The summed E-state index contributed by atoms with van der Waals surface area (Å²) in [5.41, 5.74) is 2.86. The van der Waals surface area contributed by atoms with Gasteiger partial charge in [-0.05, 0) is 37.5 Å². The largest absolute Gasteiger partial charge is 0.469 e. The number of halogens is 2. The van der Waals surface area contributed by atoms with E-state index in [0.717, 1.165) is 19.3 Å². The van der Waals surface area contributed by atoms with Crippen molar-refractivity contribution in [1.29, 1.82) is 0 Å². The molecule has 0 aliphatic heterocycles. The second-order valence-corrected chi connectivity index (χ2v) is 4.39. The van der Waals surface area contributed by atoms with Gasteiger partial charge in [-0.3, -0.25) is 16.1 Å². The zero-order chi connectivity index (χ0) is 10.1. The Labute approximate surface area is 108 Å². The molecule has 2 saturated carbocycles. The molecule has 0 saturated heterocycles. The van der Waals surface area contributed by atoms with E-state index in [-0.39, 0.29) is 36.7 Å². The van der Waals surface area contributed by atoms with Crippen LogP contribution in [0.2, 0.25) is 0 Å². The number of hydrazine groups is 1. The summed E-state index contributed by atoms with van der Waals surface area (Å²) in [5, 5.41) is 0. The molecule has 2 rings (SSSR count). The highest BCUT2D eigenvalue weighted by Gasteiger charge is 2.47. The standard InChI is InChI=1S/C10H18N2O2.2ClH/c1-14-10(13)8-4-5-9(12-11)7-3-2-6(7)8;;/h6-9,12H,2-5,11H2,1H3;2*1H. The summed E-state index contributed by atoms with van der Waals surface area (Å²) in [6, 6.07) is 0.412. The molecular formula is C10H20Cl2N2O2. The molecule has 0 bridgehead atoms. The minimum Gasteiger partial charge on any atom is -0.469 e. The quantitative estimate of drug-likeness (QED) is 0.451. The van der Waals surface area contributed by atoms with Crippen LogP contribution in [0.1, 0.15) is 25.7 Å². The van der Waals surface area contributed by atoms with E-state index in [2.05, 4.69) is 5.43 Å². The van der Waals surface area contributed by atoms with E-state index in [9.17, 15) is 4.79 Å². The topological polar surface area (TPSA) is 64.3 Å². The van der Waals surface area contributed by atoms with Gasteiger partial charge >= 0.3 is 5.97 Å². The summed E-state index contributed by atoms with van der Waals surface area (Å²) in [5.74, 6) is 6.68. The van der Waals surface area contributed by atoms with Gasteiger partial charge in [-0.25, -0.2) is 0 Å². The Bertz CT molecular complexity index is 241. The van der Waals surface area contributed by atoms with E-state index in [1.807, 2.05) is 0 Å². The number of nitrogens with two attached hydrogens (primary N) is 1. The molecule has 0 amide bonds. The predicted octanol–water partition coefficient (Wildman–Crippen LogP) is 1.27. The second kappa shape index (κ2) is 6.64. The molecule has 0 aromatic heterocycles. The molecule has 2 aliphatic carbocycles. The Balaban J connectivity index is 0.00000112. The maximum absolute atomic E-state index is 11.5. The lowest BCUT2D eigenvalue weighted by atomic mass is 9.58. The normalized spacial score (nSPS) is 35.9. The van der Waals surface area contributed by atoms with Crippen molar-refractivity contribution in [2.24, 2.45) is 23.6 Å². The van der Waals surface area contributed by atoms with Crippen molar-refractivity contribution >= 4 is 30.8 Å². The molecular weight excluding hydrogens is 251 g/mol. The van der Waals surface area contributed by atoms with Crippen LogP contribution in [0, 0.1) is 17.8 Å². The van der Waals surface area contributed by atoms with E-state index in [1.165, 1.54) is 13.5 Å². The summed E-state index contributed by atoms with van der Waals surface area (Å²) in [7, 11) is 1.48.